The van der Waals surface area contributed by atoms with Crippen LogP contribution in [0.5, 0.6) is 0 Å². The minimum atomic E-state index is -0.388. The topological polar surface area (TPSA) is 59.8 Å². The maximum atomic E-state index is 13.0. The zero-order valence-corrected chi connectivity index (χ0v) is 18.7. The number of nitrogens with one attached hydrogen (secondary N) is 1. The molecule has 4 rings (SSSR count). The van der Waals surface area contributed by atoms with Gasteiger partial charge in [0.25, 0.3) is 5.91 Å². The van der Waals surface area contributed by atoms with E-state index in [0.29, 0.717) is 16.5 Å². The molecule has 156 valence electrons. The summed E-state index contributed by atoms with van der Waals surface area (Å²) in [6, 6.07) is 19.4. The minimum Gasteiger partial charge on any atom is -0.319 e. The number of rotatable bonds is 4. The van der Waals surface area contributed by atoms with E-state index in [-0.39, 0.29) is 11.7 Å². The Morgan fingerprint density at radius 2 is 1.58 bits per heavy atom. The summed E-state index contributed by atoms with van der Waals surface area (Å²) < 4.78 is 1.72. The monoisotopic (exact) mass is 430 g/mol. The van der Waals surface area contributed by atoms with Gasteiger partial charge in [-0.15, -0.1) is 5.10 Å². The summed E-state index contributed by atoms with van der Waals surface area (Å²) >= 11 is 6.09. The van der Waals surface area contributed by atoms with E-state index in [4.69, 9.17) is 11.6 Å². The number of aryl methyl sites for hydroxylation is 4. The number of amides is 1. The van der Waals surface area contributed by atoms with Gasteiger partial charge < -0.3 is 5.32 Å². The van der Waals surface area contributed by atoms with Gasteiger partial charge in [-0.2, -0.15) is 0 Å². The highest BCUT2D eigenvalue weighted by Gasteiger charge is 2.20. The van der Waals surface area contributed by atoms with Crippen molar-refractivity contribution in [3.8, 4) is 17.1 Å². The van der Waals surface area contributed by atoms with Crippen LogP contribution in [0.15, 0.2) is 60.7 Å². The molecule has 0 aliphatic heterocycles. The molecule has 1 amide bonds. The average Bonchev–Trinajstić information content (AvgIpc) is 3.19. The molecule has 0 radical (unpaired) electrons. The van der Waals surface area contributed by atoms with Gasteiger partial charge in [0.05, 0.1) is 5.69 Å². The fraction of sp³-hybridized carbons (Fsp3) is 0.160. The number of halogens is 1. The van der Waals surface area contributed by atoms with Crippen LogP contribution in [0.3, 0.4) is 0 Å². The second kappa shape index (κ2) is 8.36. The summed E-state index contributed by atoms with van der Waals surface area (Å²) in [5.74, 6) is 0.311. The predicted molar refractivity (Wildman–Crippen MR) is 125 cm³/mol. The maximum Gasteiger partial charge on any atom is 0.295 e. The molecule has 4 aromatic rings. The first-order chi connectivity index (χ1) is 14.8. The Bertz CT molecular complexity index is 1280. The van der Waals surface area contributed by atoms with Gasteiger partial charge in [0.15, 0.2) is 5.82 Å². The number of benzene rings is 3. The molecule has 0 unspecified atom stereocenters. The van der Waals surface area contributed by atoms with Crippen molar-refractivity contribution in [3.63, 3.8) is 0 Å². The predicted octanol–water partition coefficient (Wildman–Crippen LogP) is 6.07. The quantitative estimate of drug-likeness (QED) is 0.427. The van der Waals surface area contributed by atoms with Crippen molar-refractivity contribution in [1.82, 2.24) is 14.8 Å². The molecule has 0 saturated carbocycles. The van der Waals surface area contributed by atoms with Gasteiger partial charge >= 0.3 is 0 Å². The molecule has 1 N–H and O–H groups in total. The van der Waals surface area contributed by atoms with Crippen LogP contribution in [0.1, 0.15) is 32.9 Å². The van der Waals surface area contributed by atoms with Crippen LogP contribution in [0.25, 0.3) is 17.1 Å². The van der Waals surface area contributed by atoms with Crippen LogP contribution in [0.4, 0.5) is 5.69 Å². The number of aromatic nitrogens is 3. The lowest BCUT2D eigenvalue weighted by atomic mass is 10.1. The van der Waals surface area contributed by atoms with Crippen molar-refractivity contribution < 1.29 is 4.79 Å². The number of carbonyl (C=O) groups is 1. The van der Waals surface area contributed by atoms with Crippen LogP contribution in [0.2, 0.25) is 5.02 Å². The van der Waals surface area contributed by atoms with Crippen LogP contribution in [0, 0.1) is 27.7 Å². The second-order valence-electron chi connectivity index (χ2n) is 7.72. The van der Waals surface area contributed by atoms with Crippen LogP contribution < -0.4 is 5.32 Å². The molecule has 3 aromatic carbocycles. The lowest BCUT2D eigenvalue weighted by Crippen LogP contribution is -2.15. The van der Waals surface area contributed by atoms with E-state index in [0.717, 1.165) is 27.9 Å². The van der Waals surface area contributed by atoms with E-state index in [2.05, 4.69) is 29.2 Å². The molecular formula is C25H23ClN4O. The molecule has 0 fully saturated rings. The summed E-state index contributed by atoms with van der Waals surface area (Å²) in [6.45, 7) is 8.05. The van der Waals surface area contributed by atoms with Crippen molar-refractivity contribution in [2.24, 2.45) is 0 Å². The molecule has 0 bridgehead atoms. The first-order valence-corrected chi connectivity index (χ1v) is 10.4. The molecule has 0 saturated heterocycles. The third kappa shape index (κ3) is 4.37. The Morgan fingerprint density at radius 3 is 2.29 bits per heavy atom. The van der Waals surface area contributed by atoms with Gasteiger partial charge in [0, 0.05) is 16.3 Å². The summed E-state index contributed by atoms with van der Waals surface area (Å²) in [7, 11) is 0. The van der Waals surface area contributed by atoms with Crippen molar-refractivity contribution in [2.45, 2.75) is 27.7 Å². The standard InChI is InChI=1S/C25H23ClN4O/c1-15-5-9-19(10-6-15)24-28-23(25(31)27-22-14-20(26)11-7-17(22)3)29-30(24)21-12-8-16(2)18(4)13-21/h5-14H,1-4H3,(H,27,31). The molecule has 31 heavy (non-hydrogen) atoms. The van der Waals surface area contributed by atoms with E-state index >= 15 is 0 Å². The number of anilines is 1. The van der Waals surface area contributed by atoms with Gasteiger partial charge in [-0.05, 0) is 68.7 Å². The zero-order chi connectivity index (χ0) is 22.1. The smallest absolute Gasteiger partial charge is 0.295 e. The van der Waals surface area contributed by atoms with Gasteiger partial charge in [0.1, 0.15) is 0 Å². The molecule has 0 atom stereocenters. The molecule has 0 aliphatic carbocycles. The average molecular weight is 431 g/mol. The Balaban J connectivity index is 1.78. The largest absolute Gasteiger partial charge is 0.319 e. The van der Waals surface area contributed by atoms with E-state index in [1.54, 1.807) is 16.8 Å². The highest BCUT2D eigenvalue weighted by Crippen LogP contribution is 2.25. The van der Waals surface area contributed by atoms with Crippen LogP contribution in [-0.4, -0.2) is 20.7 Å². The summed E-state index contributed by atoms with van der Waals surface area (Å²) in [6.07, 6.45) is 0. The minimum absolute atomic E-state index is 0.0909. The van der Waals surface area contributed by atoms with Crippen LogP contribution >= 0.6 is 11.6 Å². The Kier molecular flexibility index (Phi) is 5.61. The molecule has 0 aliphatic rings. The summed E-state index contributed by atoms with van der Waals surface area (Å²) in [5.41, 5.74) is 6.76. The second-order valence-corrected chi connectivity index (χ2v) is 8.16. The lowest BCUT2D eigenvalue weighted by Gasteiger charge is -2.08. The Labute approximate surface area is 186 Å². The van der Waals surface area contributed by atoms with E-state index < -0.39 is 0 Å². The first-order valence-electron chi connectivity index (χ1n) is 10.0. The molecule has 5 nitrogen and oxygen atoms in total. The molecule has 1 aromatic heterocycles. The lowest BCUT2D eigenvalue weighted by molar-refractivity contribution is 0.101. The van der Waals surface area contributed by atoms with Crippen LogP contribution in [-0.2, 0) is 0 Å². The van der Waals surface area contributed by atoms with Gasteiger partial charge in [0.2, 0.25) is 5.82 Å². The summed E-state index contributed by atoms with van der Waals surface area (Å²) in [5, 5.41) is 7.99. The third-order valence-corrected chi connectivity index (χ3v) is 5.54. The van der Waals surface area contributed by atoms with Gasteiger partial charge in [-0.1, -0.05) is 53.6 Å². The van der Waals surface area contributed by atoms with E-state index in [1.807, 2.05) is 62.4 Å². The molecule has 1 heterocycles. The number of nitrogens with zero attached hydrogens (tertiary/aromatic N) is 3. The normalized spacial score (nSPS) is 10.9. The Morgan fingerprint density at radius 1 is 0.871 bits per heavy atom. The number of hydrogen-bond acceptors (Lipinski definition) is 3. The third-order valence-electron chi connectivity index (χ3n) is 5.30. The van der Waals surface area contributed by atoms with Crippen molar-refractivity contribution in [1.29, 1.82) is 0 Å². The summed E-state index contributed by atoms with van der Waals surface area (Å²) in [4.78, 5) is 17.6. The molecular weight excluding hydrogens is 408 g/mol. The highest BCUT2D eigenvalue weighted by molar-refractivity contribution is 6.31. The van der Waals surface area contributed by atoms with Gasteiger partial charge in [-0.25, -0.2) is 9.67 Å². The van der Waals surface area contributed by atoms with Crippen molar-refractivity contribution in [3.05, 3.63) is 93.8 Å². The molecule has 0 spiro atoms. The fourth-order valence-corrected chi connectivity index (χ4v) is 3.41. The molecule has 6 heteroatoms. The van der Waals surface area contributed by atoms with E-state index in [1.165, 1.54) is 5.56 Å². The van der Waals surface area contributed by atoms with Crippen molar-refractivity contribution >= 4 is 23.2 Å². The fourth-order valence-electron chi connectivity index (χ4n) is 3.24. The highest BCUT2D eigenvalue weighted by atomic mass is 35.5. The maximum absolute atomic E-state index is 13.0. The van der Waals surface area contributed by atoms with Crippen molar-refractivity contribution in [2.75, 3.05) is 5.32 Å². The van der Waals surface area contributed by atoms with E-state index in [9.17, 15) is 4.79 Å². The van der Waals surface area contributed by atoms with Gasteiger partial charge in [-0.3, -0.25) is 4.79 Å². The first kappa shape index (κ1) is 20.8. The Hall–Kier alpha value is -3.44. The number of carbonyl (C=O) groups excluding carboxylic acids is 1. The SMILES string of the molecule is Cc1ccc(-c2nc(C(=O)Nc3cc(Cl)ccc3C)nn2-c2ccc(C)c(C)c2)cc1. The zero-order valence-electron chi connectivity index (χ0n) is 17.9. The number of hydrogen-bond donors (Lipinski definition) is 1.